The molecule has 2 amide bonds. The number of nitrogens with one attached hydrogen (secondary N) is 2. The second-order valence-corrected chi connectivity index (χ2v) is 21.7. The summed E-state index contributed by atoms with van der Waals surface area (Å²) in [4.78, 5) is 53.1. The van der Waals surface area contributed by atoms with E-state index in [1.54, 1.807) is 12.1 Å². The van der Waals surface area contributed by atoms with E-state index >= 15 is 0 Å². The molecule has 6 aliphatic rings. The van der Waals surface area contributed by atoms with Gasteiger partial charge in [0.2, 0.25) is 11.8 Å². The molecule has 4 N–H and O–H groups in total. The van der Waals surface area contributed by atoms with Crippen LogP contribution in [0.2, 0.25) is 10.0 Å². The van der Waals surface area contributed by atoms with Crippen molar-refractivity contribution in [2.75, 3.05) is 63.3 Å². The Bertz CT molecular complexity index is 2440. The number of benzene rings is 4. The molecule has 4 aromatic carbocycles. The number of anilines is 2. The third-order valence-corrected chi connectivity index (χ3v) is 16.7. The van der Waals surface area contributed by atoms with E-state index in [1.165, 1.54) is 74.9 Å². The van der Waals surface area contributed by atoms with Crippen molar-refractivity contribution < 1.29 is 38.9 Å². The minimum Gasteiger partial charge on any atom is -0.490 e. The number of hydrogen-bond acceptors (Lipinski definition) is 8. The summed E-state index contributed by atoms with van der Waals surface area (Å²) in [6, 6.07) is 23.8. The number of rotatable bonds is 12. The maximum absolute atomic E-state index is 12.1. The number of ether oxygens (including phenoxy) is 2. The smallest absolute Gasteiger partial charge is 0.311 e. The Hall–Kier alpha value is -5.46. The Balaban J connectivity index is 0.000000174. The number of halogens is 2. The fraction of sp³-hybridized carbons (Fsp3) is 0.500. The van der Waals surface area contributed by atoms with Gasteiger partial charge in [-0.15, -0.1) is 0 Å². The van der Waals surface area contributed by atoms with E-state index in [0.29, 0.717) is 36.2 Å². The Morgan fingerprint density at radius 3 is 1.39 bits per heavy atom. The highest BCUT2D eigenvalue weighted by Gasteiger charge is 2.44. The van der Waals surface area contributed by atoms with E-state index in [-0.39, 0.29) is 35.5 Å². The summed E-state index contributed by atoms with van der Waals surface area (Å²) in [5.74, 6) is -1.53. The lowest BCUT2D eigenvalue weighted by Gasteiger charge is -2.42. The minimum atomic E-state index is -0.997. The second kappa shape index (κ2) is 21.1. The van der Waals surface area contributed by atoms with Gasteiger partial charge in [-0.3, -0.25) is 19.2 Å². The summed E-state index contributed by atoms with van der Waals surface area (Å²) in [5, 5.41) is 26.4. The fourth-order valence-corrected chi connectivity index (χ4v) is 12.3. The summed E-state index contributed by atoms with van der Waals surface area (Å²) in [6.45, 7) is 4.66. The van der Waals surface area contributed by atoms with Gasteiger partial charge in [0, 0.05) is 74.0 Å². The molecule has 372 valence electrons. The fourth-order valence-electron chi connectivity index (χ4n) is 11.9. The summed E-state index contributed by atoms with van der Waals surface area (Å²) in [7, 11) is 3.06. The van der Waals surface area contributed by atoms with Gasteiger partial charge in [-0.25, -0.2) is 0 Å². The van der Waals surface area contributed by atoms with Gasteiger partial charge in [0.25, 0.3) is 0 Å². The lowest BCUT2D eigenvalue weighted by Crippen LogP contribution is -2.47. The van der Waals surface area contributed by atoms with E-state index in [4.69, 9.17) is 32.7 Å². The highest BCUT2D eigenvalue weighted by atomic mass is 35.5. The molecule has 10 rings (SSSR count). The molecule has 2 spiro atoms. The van der Waals surface area contributed by atoms with E-state index in [0.717, 1.165) is 97.6 Å². The molecule has 0 unspecified atom stereocenters. The van der Waals surface area contributed by atoms with Crippen molar-refractivity contribution in [2.24, 2.45) is 11.8 Å². The highest BCUT2D eigenvalue weighted by molar-refractivity contribution is 6.31. The molecule has 0 aromatic heterocycles. The van der Waals surface area contributed by atoms with Gasteiger partial charge in [-0.2, -0.15) is 0 Å². The normalized spacial score (nSPS) is 22.3. The Kier molecular flexibility index (Phi) is 14.9. The van der Waals surface area contributed by atoms with Crippen LogP contribution in [0.25, 0.3) is 0 Å². The maximum Gasteiger partial charge on any atom is 0.311 e. The molecular formula is C56H66Cl2N4O8. The molecule has 0 radical (unpaired) electrons. The van der Waals surface area contributed by atoms with Crippen LogP contribution in [0.3, 0.4) is 0 Å². The Morgan fingerprint density at radius 1 is 0.614 bits per heavy atom. The summed E-state index contributed by atoms with van der Waals surface area (Å²) < 4.78 is 13.0. The topological polar surface area (TPSA) is 158 Å². The molecule has 4 aliphatic carbocycles. The lowest BCUT2D eigenvalue weighted by atomic mass is 9.70. The average molecular weight is 994 g/mol. The number of amides is 2. The molecule has 0 saturated heterocycles. The van der Waals surface area contributed by atoms with Crippen molar-refractivity contribution in [2.45, 2.75) is 113 Å². The molecule has 0 bridgehead atoms. The molecule has 4 atom stereocenters. The van der Waals surface area contributed by atoms with Gasteiger partial charge in [0.05, 0.1) is 36.4 Å². The van der Waals surface area contributed by atoms with Crippen LogP contribution >= 0.6 is 23.2 Å². The minimum absolute atomic E-state index is 0.0911. The molecule has 70 heavy (non-hydrogen) atoms. The van der Waals surface area contributed by atoms with Gasteiger partial charge in [0.1, 0.15) is 11.5 Å². The van der Waals surface area contributed by atoms with Crippen LogP contribution in [-0.2, 0) is 42.8 Å². The van der Waals surface area contributed by atoms with E-state index in [1.807, 2.05) is 36.4 Å². The van der Waals surface area contributed by atoms with Crippen molar-refractivity contribution in [3.63, 3.8) is 0 Å². The first-order valence-electron chi connectivity index (χ1n) is 25.2. The van der Waals surface area contributed by atoms with Crippen molar-refractivity contribution in [1.82, 2.24) is 10.6 Å². The number of aryl methyl sites for hydroxylation is 2. The number of carboxylic acids is 2. The third kappa shape index (κ3) is 10.5. The number of carbonyl (C=O) groups is 4. The van der Waals surface area contributed by atoms with Crippen LogP contribution in [0.5, 0.6) is 11.5 Å². The number of hydrogen-bond donors (Lipinski definition) is 4. The predicted molar refractivity (Wildman–Crippen MR) is 273 cm³/mol. The quantitative estimate of drug-likeness (QED) is 0.108. The van der Waals surface area contributed by atoms with Gasteiger partial charge < -0.3 is 40.1 Å². The Labute approximate surface area is 421 Å². The molecule has 12 nitrogen and oxygen atoms in total. The largest absolute Gasteiger partial charge is 0.490 e. The van der Waals surface area contributed by atoms with Gasteiger partial charge >= 0.3 is 11.9 Å². The predicted octanol–water partition coefficient (Wildman–Crippen LogP) is 9.83. The molecule has 4 aromatic rings. The second-order valence-electron chi connectivity index (χ2n) is 20.8. The van der Waals surface area contributed by atoms with E-state index in [9.17, 15) is 29.4 Å². The molecule has 2 aliphatic heterocycles. The van der Waals surface area contributed by atoms with Crippen LogP contribution < -0.4 is 29.9 Å². The van der Waals surface area contributed by atoms with Crippen LogP contribution in [0.15, 0.2) is 72.8 Å². The van der Waals surface area contributed by atoms with Gasteiger partial charge in [0.15, 0.2) is 0 Å². The number of nitrogens with zero attached hydrogens (tertiary/aromatic N) is 2. The van der Waals surface area contributed by atoms with Crippen LogP contribution in [0, 0.1) is 11.8 Å². The standard InChI is InChI=1S/2C28H33ClN2O4/c2*1-30-26(32)14-22(27(33)34)19-7-10-25-24(13-19)31(15-18-4-2-5-18)16-28(17-35-25)11-3-6-20-12-21(29)8-9-23(20)28/h2*7-10,12-13,18,22H,2-6,11,14-17H2,1H3,(H,30,32)(H,33,34)/t22-,28+;22-,28-/m10/s1. The first-order valence-corrected chi connectivity index (χ1v) is 26.0. The number of aliphatic carboxylic acids is 2. The zero-order valence-electron chi connectivity index (χ0n) is 40.4. The summed E-state index contributed by atoms with van der Waals surface area (Å²) >= 11 is 12.7. The van der Waals surface area contributed by atoms with Crippen molar-refractivity contribution >= 4 is 58.3 Å². The Morgan fingerprint density at radius 2 is 1.03 bits per heavy atom. The van der Waals surface area contributed by atoms with Crippen molar-refractivity contribution in [1.29, 1.82) is 0 Å². The van der Waals surface area contributed by atoms with Gasteiger partial charge in [-0.05, 0) is 158 Å². The molecule has 2 heterocycles. The first-order chi connectivity index (χ1) is 33.8. The van der Waals surface area contributed by atoms with Crippen LogP contribution in [0.1, 0.15) is 122 Å². The van der Waals surface area contributed by atoms with Crippen molar-refractivity contribution in [3.05, 3.63) is 116 Å². The summed E-state index contributed by atoms with van der Waals surface area (Å²) in [5.41, 5.74) is 8.11. The molecular weight excluding hydrogens is 928 g/mol. The average Bonchev–Trinajstić information content (AvgIpc) is 3.57. The number of fused-ring (bicyclic) bond motifs is 6. The van der Waals surface area contributed by atoms with Crippen LogP contribution in [-0.4, -0.2) is 87.5 Å². The molecule has 2 fully saturated rings. The molecule has 2 saturated carbocycles. The zero-order chi connectivity index (χ0) is 49.2. The highest BCUT2D eigenvalue weighted by Crippen LogP contribution is 2.48. The number of carboxylic acid groups (broad SMARTS) is 2. The lowest BCUT2D eigenvalue weighted by molar-refractivity contribution is -0.141. The molecule has 14 heteroatoms. The van der Waals surface area contributed by atoms with Gasteiger partial charge in [-0.1, -0.05) is 60.3 Å². The zero-order valence-corrected chi connectivity index (χ0v) is 41.9. The van der Waals surface area contributed by atoms with Crippen LogP contribution in [0.4, 0.5) is 11.4 Å². The van der Waals surface area contributed by atoms with E-state index < -0.39 is 23.8 Å². The van der Waals surface area contributed by atoms with E-state index in [2.05, 4.69) is 44.7 Å². The third-order valence-electron chi connectivity index (χ3n) is 16.3. The van der Waals surface area contributed by atoms with Crippen molar-refractivity contribution in [3.8, 4) is 11.5 Å². The SMILES string of the molecule is CNC(=O)C[C@@H](C(=O)O)c1ccc2c(c1)N(CC1CCC1)C[C@@]1(CCCc3cc(Cl)ccc31)CO2.CNC(=O)C[C@H](C(=O)O)c1ccc2c(c1)N(CC1CCC1)C[C@@]1(CCCc3cc(Cl)ccc31)CO2. The monoisotopic (exact) mass is 992 g/mol. The number of carbonyl (C=O) groups excluding carboxylic acids is 2. The summed E-state index contributed by atoms with van der Waals surface area (Å²) in [6.07, 6.45) is 13.5. The first kappa shape index (κ1) is 49.5. The maximum atomic E-state index is 12.1.